The van der Waals surface area contributed by atoms with Crippen LogP contribution in [0, 0.1) is 0 Å². The number of para-hydroxylation sites is 1. The summed E-state index contributed by atoms with van der Waals surface area (Å²) in [5.41, 5.74) is 8.61. The standard InChI is InChI=1S/C47H52N8O10S/c1-27(56)50-38(22-29-15-17-33(57)18-16-29)45(63)51-32-12-8-11-30(23-32)43(61)54-39(24-31-26-49-35-14-7-6-13-34(31)35)46(64)52-36(19-20-66-2)44(62)55-40(25-41(58)59)47(65)53-37(42(48)60)21-28-9-4-3-5-10-28/h3-18,23,26,36-40,49,57H,19-22,24-25H2,1-2H3,(H2,48,60)(H,50,56)(H,51,63)(H,52,64)(H,53,65)(H,54,61)(H,55,62)(H,58,59)/t36-,37-,38-,39-,40-/m0/s1. The van der Waals surface area contributed by atoms with Crippen LogP contribution in [0.3, 0.4) is 0 Å². The number of phenolic OH excluding ortho intramolecular Hbond substituents is 1. The first-order valence-corrected chi connectivity index (χ1v) is 22.3. The van der Waals surface area contributed by atoms with Crippen molar-refractivity contribution < 1.29 is 48.6 Å². The monoisotopic (exact) mass is 920 g/mol. The molecule has 0 aliphatic heterocycles. The topological polar surface area (TPSA) is 291 Å². The van der Waals surface area contributed by atoms with E-state index in [2.05, 4.69) is 36.9 Å². The molecule has 0 saturated carbocycles. The predicted molar refractivity (Wildman–Crippen MR) is 248 cm³/mol. The maximum atomic E-state index is 14.3. The van der Waals surface area contributed by atoms with Crippen molar-refractivity contribution in [1.29, 1.82) is 0 Å². The highest BCUT2D eigenvalue weighted by atomic mass is 32.2. The molecule has 0 fully saturated rings. The first kappa shape index (κ1) is 49.3. The van der Waals surface area contributed by atoms with Crippen LogP contribution in [0.25, 0.3) is 10.9 Å². The van der Waals surface area contributed by atoms with Crippen molar-refractivity contribution in [3.63, 3.8) is 0 Å². The summed E-state index contributed by atoms with van der Waals surface area (Å²) in [4.78, 5) is 109. The molecule has 66 heavy (non-hydrogen) atoms. The van der Waals surface area contributed by atoms with Crippen molar-refractivity contribution in [3.05, 3.63) is 132 Å². The van der Waals surface area contributed by atoms with E-state index in [-0.39, 0.29) is 42.7 Å². The lowest BCUT2D eigenvalue weighted by molar-refractivity contribution is -0.141. The normalized spacial score (nSPS) is 13.2. The number of nitrogens with two attached hydrogens (primary N) is 1. The fourth-order valence-corrected chi connectivity index (χ4v) is 7.51. The number of carboxylic acid groups (broad SMARTS) is 1. The summed E-state index contributed by atoms with van der Waals surface area (Å²) in [6, 6.07) is 21.6. The lowest BCUT2D eigenvalue weighted by Crippen LogP contribution is -2.59. The average Bonchev–Trinajstić information content (AvgIpc) is 3.69. The van der Waals surface area contributed by atoms with Gasteiger partial charge in [-0.05, 0) is 71.5 Å². The number of hydrogen-bond donors (Lipinski definition) is 10. The van der Waals surface area contributed by atoms with Crippen LogP contribution >= 0.6 is 11.8 Å². The molecule has 11 N–H and O–H groups in total. The van der Waals surface area contributed by atoms with Crippen LogP contribution in [-0.4, -0.2) is 105 Å². The number of fused-ring (bicyclic) bond motifs is 1. The molecule has 0 aliphatic carbocycles. The molecule has 1 heterocycles. The van der Waals surface area contributed by atoms with Gasteiger partial charge in [0.2, 0.25) is 35.4 Å². The second kappa shape index (κ2) is 23.9. The molecule has 0 saturated heterocycles. The second-order valence-electron chi connectivity index (χ2n) is 15.4. The van der Waals surface area contributed by atoms with Crippen LogP contribution in [0.4, 0.5) is 5.69 Å². The van der Waals surface area contributed by atoms with Gasteiger partial charge in [-0.2, -0.15) is 11.8 Å². The Morgan fingerprint density at radius 3 is 1.94 bits per heavy atom. The van der Waals surface area contributed by atoms with Gasteiger partial charge in [-0.25, -0.2) is 0 Å². The summed E-state index contributed by atoms with van der Waals surface area (Å²) in [5.74, 6) is -6.30. The van der Waals surface area contributed by atoms with Crippen molar-refractivity contribution in [2.24, 2.45) is 5.73 Å². The minimum absolute atomic E-state index is 0.00563. The molecule has 0 bridgehead atoms. The van der Waals surface area contributed by atoms with Gasteiger partial charge in [-0.1, -0.05) is 66.7 Å². The van der Waals surface area contributed by atoms with Gasteiger partial charge in [0.15, 0.2) is 0 Å². The van der Waals surface area contributed by atoms with E-state index in [1.54, 1.807) is 61.0 Å². The van der Waals surface area contributed by atoms with Crippen LogP contribution in [0.1, 0.15) is 46.8 Å². The molecular weight excluding hydrogens is 869 g/mol. The number of aromatic nitrogens is 1. The van der Waals surface area contributed by atoms with Gasteiger partial charge in [0.25, 0.3) is 5.91 Å². The van der Waals surface area contributed by atoms with Crippen LogP contribution in [0.5, 0.6) is 5.75 Å². The molecule has 1 aromatic heterocycles. The third kappa shape index (κ3) is 14.7. The molecule has 18 nitrogen and oxygen atoms in total. The van der Waals surface area contributed by atoms with Crippen molar-refractivity contribution >= 4 is 75.7 Å². The van der Waals surface area contributed by atoms with Crippen LogP contribution in [0.15, 0.2) is 109 Å². The number of hydrogen-bond acceptors (Lipinski definition) is 10. The van der Waals surface area contributed by atoms with Crippen LogP contribution in [-0.2, 0) is 52.8 Å². The number of amides is 7. The summed E-state index contributed by atoms with van der Waals surface area (Å²) in [6.45, 7) is 1.27. The van der Waals surface area contributed by atoms with E-state index < -0.39 is 83.9 Å². The van der Waals surface area contributed by atoms with Gasteiger partial charge in [0.1, 0.15) is 36.0 Å². The molecule has 19 heteroatoms. The lowest BCUT2D eigenvalue weighted by Gasteiger charge is -2.26. The minimum atomic E-state index is -1.67. The summed E-state index contributed by atoms with van der Waals surface area (Å²) in [7, 11) is 0. The van der Waals surface area contributed by atoms with Crippen molar-refractivity contribution in [3.8, 4) is 5.75 Å². The van der Waals surface area contributed by atoms with Crippen LogP contribution in [0.2, 0.25) is 0 Å². The quantitative estimate of drug-likeness (QED) is 0.0454. The Labute approximate surface area is 384 Å². The SMILES string of the molecule is CSCC[C@H](NC(=O)[C@H](Cc1c[nH]c2ccccc12)NC(=O)c1cccc(NC(=O)[C@H](Cc2ccc(O)cc2)NC(C)=O)c1)C(=O)N[C@@H](CC(=O)O)C(=O)N[C@@H](Cc1ccccc1)C(N)=O. The van der Waals surface area contributed by atoms with Crippen molar-refractivity contribution in [2.45, 2.75) is 69.2 Å². The van der Waals surface area contributed by atoms with Gasteiger partial charge in [0.05, 0.1) is 6.42 Å². The van der Waals surface area contributed by atoms with Crippen LogP contribution < -0.4 is 37.6 Å². The highest BCUT2D eigenvalue weighted by Crippen LogP contribution is 2.21. The number of H-pyrrole nitrogens is 1. The van der Waals surface area contributed by atoms with Crippen molar-refractivity contribution in [2.75, 3.05) is 17.3 Å². The zero-order valence-corrected chi connectivity index (χ0v) is 37.0. The Morgan fingerprint density at radius 2 is 1.26 bits per heavy atom. The van der Waals surface area contributed by atoms with E-state index in [1.165, 1.54) is 49.0 Å². The van der Waals surface area contributed by atoms with Gasteiger partial charge in [-0.3, -0.25) is 38.4 Å². The molecule has 0 aliphatic rings. The number of carbonyl (C=O) groups excluding carboxylic acids is 7. The first-order valence-electron chi connectivity index (χ1n) is 20.9. The lowest BCUT2D eigenvalue weighted by atomic mass is 10.0. The first-order chi connectivity index (χ1) is 31.6. The number of aromatic amines is 1. The number of rotatable bonds is 23. The number of aliphatic carboxylic acids is 1. The van der Waals surface area contributed by atoms with Gasteiger partial charge < -0.3 is 52.8 Å². The predicted octanol–water partition coefficient (Wildman–Crippen LogP) is 2.31. The number of carbonyl (C=O) groups is 8. The van der Waals surface area contributed by atoms with Gasteiger partial charge >= 0.3 is 5.97 Å². The number of aromatic hydroxyl groups is 1. The number of carboxylic acids is 1. The molecule has 5 aromatic rings. The van der Waals surface area contributed by atoms with E-state index >= 15 is 0 Å². The maximum absolute atomic E-state index is 14.3. The molecule has 7 amide bonds. The molecular formula is C47H52N8O10S. The summed E-state index contributed by atoms with van der Waals surface area (Å²) >= 11 is 1.37. The van der Waals surface area contributed by atoms with Gasteiger partial charge in [0, 0.05) is 54.5 Å². The Hall–Kier alpha value is -7.67. The Kier molecular flexibility index (Phi) is 17.8. The summed E-state index contributed by atoms with van der Waals surface area (Å²) in [5, 5.41) is 35.8. The second-order valence-corrected chi connectivity index (χ2v) is 16.4. The minimum Gasteiger partial charge on any atom is -0.508 e. The van der Waals surface area contributed by atoms with Gasteiger partial charge in [-0.15, -0.1) is 0 Å². The Bertz CT molecular complexity index is 2530. The number of benzene rings is 4. The van der Waals surface area contributed by atoms with E-state index in [1.807, 2.05) is 24.3 Å². The summed E-state index contributed by atoms with van der Waals surface area (Å²) in [6.07, 6.45) is 2.71. The molecule has 5 rings (SSSR count). The molecule has 4 aromatic carbocycles. The Morgan fingerprint density at radius 1 is 0.652 bits per heavy atom. The molecule has 5 atom stereocenters. The Balaban J connectivity index is 1.35. The number of phenols is 1. The average molecular weight is 921 g/mol. The molecule has 0 unspecified atom stereocenters. The van der Waals surface area contributed by atoms with E-state index in [0.29, 0.717) is 22.4 Å². The van der Waals surface area contributed by atoms with E-state index in [0.717, 1.165) is 10.9 Å². The molecule has 0 radical (unpaired) electrons. The summed E-state index contributed by atoms with van der Waals surface area (Å²) < 4.78 is 0. The number of thioether (sulfide) groups is 1. The number of nitrogens with one attached hydrogen (secondary N) is 7. The molecule has 346 valence electrons. The fourth-order valence-electron chi connectivity index (χ4n) is 7.04. The zero-order chi connectivity index (χ0) is 47.8. The van der Waals surface area contributed by atoms with Crippen molar-refractivity contribution in [1.82, 2.24) is 31.6 Å². The highest BCUT2D eigenvalue weighted by Gasteiger charge is 2.33. The molecule has 0 spiro atoms. The third-order valence-corrected chi connectivity index (χ3v) is 11.0. The largest absolute Gasteiger partial charge is 0.508 e. The maximum Gasteiger partial charge on any atom is 0.305 e. The van der Waals surface area contributed by atoms with E-state index in [9.17, 15) is 48.6 Å². The number of primary amides is 1. The number of anilines is 1. The highest BCUT2D eigenvalue weighted by molar-refractivity contribution is 7.98. The zero-order valence-electron chi connectivity index (χ0n) is 36.2. The smallest absolute Gasteiger partial charge is 0.305 e. The third-order valence-electron chi connectivity index (χ3n) is 10.4. The fraction of sp³-hybridized carbons (Fsp3) is 0.277. The van der Waals surface area contributed by atoms with E-state index in [4.69, 9.17) is 5.73 Å².